The lowest BCUT2D eigenvalue weighted by molar-refractivity contribution is 0.0652. The zero-order chi connectivity index (χ0) is 19.6. The van der Waals surface area contributed by atoms with Crippen LogP contribution in [0, 0.1) is 0 Å². The fourth-order valence-corrected chi connectivity index (χ4v) is 4.64. The van der Waals surface area contributed by atoms with E-state index in [4.69, 9.17) is 14.5 Å². The number of carbonyl (C=O) groups is 1. The molecule has 0 radical (unpaired) electrons. The summed E-state index contributed by atoms with van der Waals surface area (Å²) in [7, 11) is 0. The van der Waals surface area contributed by atoms with E-state index in [0.29, 0.717) is 30.6 Å². The SMILES string of the molecule is O=C(NC1COC2C(Nc3nccc(C4CCCC4)n3)COC12)c1ccccc1. The molecule has 1 aromatic carbocycles. The molecular weight excluding hydrogens is 368 g/mol. The maximum absolute atomic E-state index is 12.5. The van der Waals surface area contributed by atoms with Crippen molar-refractivity contribution in [2.75, 3.05) is 18.5 Å². The van der Waals surface area contributed by atoms with E-state index in [9.17, 15) is 4.79 Å². The van der Waals surface area contributed by atoms with E-state index in [0.717, 1.165) is 5.69 Å². The van der Waals surface area contributed by atoms with Gasteiger partial charge >= 0.3 is 0 Å². The van der Waals surface area contributed by atoms with E-state index in [-0.39, 0.29) is 30.2 Å². The molecule has 152 valence electrons. The summed E-state index contributed by atoms with van der Waals surface area (Å²) in [5, 5.41) is 6.45. The molecule has 7 nitrogen and oxygen atoms in total. The van der Waals surface area contributed by atoms with Gasteiger partial charge < -0.3 is 20.1 Å². The summed E-state index contributed by atoms with van der Waals surface area (Å²) in [6.45, 7) is 0.944. The molecule has 1 aliphatic carbocycles. The molecule has 2 aromatic rings. The summed E-state index contributed by atoms with van der Waals surface area (Å²) >= 11 is 0. The fraction of sp³-hybridized carbons (Fsp3) is 0.500. The lowest BCUT2D eigenvalue weighted by atomic mass is 10.0. The first kappa shape index (κ1) is 18.5. The molecule has 7 heteroatoms. The van der Waals surface area contributed by atoms with Crippen LogP contribution in [0.2, 0.25) is 0 Å². The fourth-order valence-electron chi connectivity index (χ4n) is 4.64. The number of anilines is 1. The zero-order valence-electron chi connectivity index (χ0n) is 16.3. The molecule has 1 amide bonds. The quantitative estimate of drug-likeness (QED) is 0.811. The Morgan fingerprint density at radius 1 is 0.966 bits per heavy atom. The third-order valence-corrected chi connectivity index (χ3v) is 6.17. The van der Waals surface area contributed by atoms with Crippen LogP contribution in [0.1, 0.15) is 47.7 Å². The molecule has 2 N–H and O–H groups in total. The molecule has 2 saturated heterocycles. The minimum atomic E-state index is -0.168. The third-order valence-electron chi connectivity index (χ3n) is 6.17. The number of aromatic nitrogens is 2. The molecule has 3 aliphatic rings. The van der Waals surface area contributed by atoms with Gasteiger partial charge in [0.1, 0.15) is 12.2 Å². The second kappa shape index (κ2) is 8.08. The highest BCUT2D eigenvalue weighted by Gasteiger charge is 2.48. The van der Waals surface area contributed by atoms with Gasteiger partial charge in [0.05, 0.1) is 25.3 Å². The number of benzene rings is 1. The van der Waals surface area contributed by atoms with Crippen LogP contribution in [-0.4, -0.2) is 53.4 Å². The first-order valence-corrected chi connectivity index (χ1v) is 10.5. The summed E-state index contributed by atoms with van der Waals surface area (Å²) in [5.74, 6) is 1.07. The smallest absolute Gasteiger partial charge is 0.251 e. The molecule has 29 heavy (non-hydrogen) atoms. The summed E-state index contributed by atoms with van der Waals surface area (Å²) in [4.78, 5) is 21.6. The zero-order valence-corrected chi connectivity index (χ0v) is 16.3. The van der Waals surface area contributed by atoms with Gasteiger partial charge in [0.25, 0.3) is 5.91 Å². The van der Waals surface area contributed by atoms with E-state index in [1.807, 2.05) is 30.5 Å². The minimum Gasteiger partial charge on any atom is -0.371 e. The first-order chi connectivity index (χ1) is 14.3. The Hall–Kier alpha value is -2.51. The van der Waals surface area contributed by atoms with E-state index in [1.54, 1.807) is 12.1 Å². The van der Waals surface area contributed by atoms with Gasteiger partial charge in [-0.15, -0.1) is 0 Å². The van der Waals surface area contributed by atoms with Crippen molar-refractivity contribution < 1.29 is 14.3 Å². The second-order valence-corrected chi connectivity index (χ2v) is 8.08. The standard InChI is InChI=1S/C22H26N4O3/c27-21(15-8-2-1-3-9-15)24-17-12-28-20-18(13-29-19(17)20)26-22-23-11-10-16(25-22)14-6-4-5-7-14/h1-3,8-11,14,17-20H,4-7,12-13H2,(H,24,27)(H,23,25,26). The van der Waals surface area contributed by atoms with Crippen molar-refractivity contribution in [3.05, 3.63) is 53.9 Å². The van der Waals surface area contributed by atoms with Gasteiger partial charge in [0.2, 0.25) is 5.95 Å². The van der Waals surface area contributed by atoms with Gasteiger partial charge in [0.15, 0.2) is 0 Å². The van der Waals surface area contributed by atoms with Gasteiger partial charge in [-0.2, -0.15) is 0 Å². The first-order valence-electron chi connectivity index (χ1n) is 10.5. The van der Waals surface area contributed by atoms with Crippen molar-refractivity contribution >= 4 is 11.9 Å². The average Bonchev–Trinajstić information content (AvgIpc) is 3.49. The molecule has 3 heterocycles. The van der Waals surface area contributed by atoms with E-state index >= 15 is 0 Å². The van der Waals surface area contributed by atoms with Gasteiger partial charge in [0, 0.05) is 23.4 Å². The van der Waals surface area contributed by atoms with Gasteiger partial charge in [-0.25, -0.2) is 9.97 Å². The summed E-state index contributed by atoms with van der Waals surface area (Å²) in [6.07, 6.45) is 6.50. The number of hydrogen-bond acceptors (Lipinski definition) is 6. The Balaban J connectivity index is 1.21. The molecule has 1 saturated carbocycles. The van der Waals surface area contributed by atoms with Crippen LogP contribution in [0.25, 0.3) is 0 Å². The van der Waals surface area contributed by atoms with Crippen LogP contribution in [-0.2, 0) is 9.47 Å². The monoisotopic (exact) mass is 394 g/mol. The van der Waals surface area contributed by atoms with E-state index < -0.39 is 0 Å². The Labute approximate surface area is 170 Å². The van der Waals surface area contributed by atoms with Crippen LogP contribution in [0.3, 0.4) is 0 Å². The second-order valence-electron chi connectivity index (χ2n) is 8.08. The molecule has 4 atom stereocenters. The molecule has 0 spiro atoms. The van der Waals surface area contributed by atoms with Crippen LogP contribution in [0.4, 0.5) is 5.95 Å². The lowest BCUT2D eigenvalue weighted by Crippen LogP contribution is -2.44. The van der Waals surface area contributed by atoms with E-state index in [2.05, 4.69) is 15.6 Å². The maximum atomic E-state index is 12.5. The van der Waals surface area contributed by atoms with Crippen molar-refractivity contribution in [1.29, 1.82) is 0 Å². The largest absolute Gasteiger partial charge is 0.371 e. The Kier molecular flexibility index (Phi) is 5.16. The molecule has 1 aromatic heterocycles. The molecule has 4 unspecified atom stereocenters. The van der Waals surface area contributed by atoms with Gasteiger partial charge in [-0.3, -0.25) is 4.79 Å². The van der Waals surface area contributed by atoms with Crippen molar-refractivity contribution in [2.45, 2.75) is 55.9 Å². The highest BCUT2D eigenvalue weighted by molar-refractivity contribution is 5.94. The lowest BCUT2D eigenvalue weighted by Gasteiger charge is -2.19. The number of amides is 1. The van der Waals surface area contributed by atoms with Crippen molar-refractivity contribution in [2.24, 2.45) is 0 Å². The number of carbonyl (C=O) groups excluding carboxylic acids is 1. The normalized spacial score (nSPS) is 29.0. The minimum absolute atomic E-state index is 0.0301. The predicted molar refractivity (Wildman–Crippen MR) is 108 cm³/mol. The summed E-state index contributed by atoms with van der Waals surface area (Å²) < 4.78 is 12.0. The Morgan fingerprint density at radius 2 is 1.69 bits per heavy atom. The van der Waals surface area contributed by atoms with Crippen molar-refractivity contribution in [1.82, 2.24) is 15.3 Å². The summed E-state index contributed by atoms with van der Waals surface area (Å²) in [5.41, 5.74) is 1.76. The number of ether oxygens (including phenoxy) is 2. The number of rotatable bonds is 5. The highest BCUT2D eigenvalue weighted by atomic mass is 16.6. The van der Waals surface area contributed by atoms with Gasteiger partial charge in [-0.1, -0.05) is 31.0 Å². The van der Waals surface area contributed by atoms with Crippen molar-refractivity contribution in [3.63, 3.8) is 0 Å². The van der Waals surface area contributed by atoms with E-state index in [1.165, 1.54) is 25.7 Å². The number of hydrogen-bond donors (Lipinski definition) is 2. The predicted octanol–water partition coefficient (Wildman–Crippen LogP) is 2.51. The number of nitrogens with zero attached hydrogens (tertiary/aromatic N) is 2. The highest BCUT2D eigenvalue weighted by Crippen LogP contribution is 2.33. The Bertz CT molecular complexity index is 856. The third kappa shape index (κ3) is 3.84. The molecular formula is C22H26N4O3. The maximum Gasteiger partial charge on any atom is 0.251 e. The Morgan fingerprint density at radius 3 is 2.48 bits per heavy atom. The molecule has 5 rings (SSSR count). The average molecular weight is 394 g/mol. The van der Waals surface area contributed by atoms with Crippen LogP contribution in [0.5, 0.6) is 0 Å². The van der Waals surface area contributed by atoms with Crippen molar-refractivity contribution in [3.8, 4) is 0 Å². The van der Waals surface area contributed by atoms with Crippen LogP contribution < -0.4 is 10.6 Å². The molecule has 3 fully saturated rings. The number of nitrogens with one attached hydrogen (secondary N) is 2. The number of fused-ring (bicyclic) bond motifs is 1. The molecule has 0 bridgehead atoms. The van der Waals surface area contributed by atoms with Crippen LogP contribution in [0.15, 0.2) is 42.6 Å². The van der Waals surface area contributed by atoms with Crippen LogP contribution >= 0.6 is 0 Å². The topological polar surface area (TPSA) is 85.4 Å². The van der Waals surface area contributed by atoms with Gasteiger partial charge in [-0.05, 0) is 31.0 Å². The summed E-state index contributed by atoms with van der Waals surface area (Å²) in [6, 6.07) is 11.0. The molecule has 2 aliphatic heterocycles.